The van der Waals surface area contributed by atoms with Crippen LogP contribution in [0.3, 0.4) is 0 Å². The standard InChI is InChI=1S/C14H14N4O2S/c1-8-5-10-11(6-9(8)2)17-18(16-10)4-3-13-15-12(7-21-13)14(19)20/h5-7H,3-4H2,1-2H3,(H,19,20). The van der Waals surface area contributed by atoms with Crippen LogP contribution in [0.1, 0.15) is 26.6 Å². The van der Waals surface area contributed by atoms with E-state index in [-0.39, 0.29) is 5.69 Å². The molecule has 108 valence electrons. The number of nitrogens with zero attached hydrogens (tertiary/aromatic N) is 4. The topological polar surface area (TPSA) is 80.9 Å². The average Bonchev–Trinajstić information content (AvgIpc) is 3.03. The van der Waals surface area contributed by atoms with Crippen LogP contribution in [0.5, 0.6) is 0 Å². The maximum absolute atomic E-state index is 10.8. The number of hydrogen-bond acceptors (Lipinski definition) is 5. The second kappa shape index (κ2) is 5.25. The monoisotopic (exact) mass is 302 g/mol. The zero-order valence-corrected chi connectivity index (χ0v) is 12.5. The van der Waals surface area contributed by atoms with Crippen molar-refractivity contribution in [1.29, 1.82) is 0 Å². The van der Waals surface area contributed by atoms with Gasteiger partial charge in [-0.15, -0.1) is 11.3 Å². The first-order chi connectivity index (χ1) is 10.0. The third-order valence-corrected chi connectivity index (χ3v) is 4.24. The molecule has 0 spiro atoms. The molecule has 21 heavy (non-hydrogen) atoms. The van der Waals surface area contributed by atoms with Crippen molar-refractivity contribution < 1.29 is 9.90 Å². The van der Waals surface area contributed by atoms with Gasteiger partial charge in [0.1, 0.15) is 11.0 Å². The smallest absolute Gasteiger partial charge is 0.355 e. The zero-order chi connectivity index (χ0) is 15.0. The number of aromatic nitrogens is 4. The van der Waals surface area contributed by atoms with E-state index in [2.05, 4.69) is 29.0 Å². The minimum Gasteiger partial charge on any atom is -0.476 e. The Morgan fingerprint density at radius 3 is 2.38 bits per heavy atom. The molecule has 0 aliphatic heterocycles. The lowest BCUT2D eigenvalue weighted by Crippen LogP contribution is -2.05. The Morgan fingerprint density at radius 1 is 1.24 bits per heavy atom. The normalized spacial score (nSPS) is 11.1. The van der Waals surface area contributed by atoms with Crippen LogP contribution in [0.15, 0.2) is 17.5 Å². The predicted molar refractivity (Wildman–Crippen MR) is 79.8 cm³/mol. The molecule has 0 saturated carbocycles. The lowest BCUT2D eigenvalue weighted by Gasteiger charge is -1.95. The largest absolute Gasteiger partial charge is 0.476 e. The first-order valence-electron chi connectivity index (χ1n) is 6.53. The number of rotatable bonds is 4. The van der Waals surface area contributed by atoms with Gasteiger partial charge in [0, 0.05) is 11.8 Å². The fourth-order valence-electron chi connectivity index (χ4n) is 2.04. The van der Waals surface area contributed by atoms with Crippen molar-refractivity contribution in [3.63, 3.8) is 0 Å². The van der Waals surface area contributed by atoms with Crippen LogP contribution in [0, 0.1) is 13.8 Å². The van der Waals surface area contributed by atoms with E-state index < -0.39 is 5.97 Å². The van der Waals surface area contributed by atoms with Crippen LogP contribution in [0.2, 0.25) is 0 Å². The van der Waals surface area contributed by atoms with E-state index in [0.29, 0.717) is 13.0 Å². The number of thiazole rings is 1. The Hall–Kier alpha value is -2.28. The van der Waals surface area contributed by atoms with E-state index >= 15 is 0 Å². The molecule has 3 rings (SSSR count). The molecule has 0 fully saturated rings. The molecule has 0 unspecified atom stereocenters. The fraction of sp³-hybridized carbons (Fsp3) is 0.286. The summed E-state index contributed by atoms with van der Waals surface area (Å²) in [4.78, 5) is 16.5. The number of carbonyl (C=O) groups is 1. The minimum absolute atomic E-state index is 0.0971. The molecule has 0 amide bonds. The summed E-state index contributed by atoms with van der Waals surface area (Å²) in [5.41, 5.74) is 4.24. The van der Waals surface area contributed by atoms with E-state index in [9.17, 15) is 4.79 Å². The third kappa shape index (κ3) is 2.78. The number of carboxylic acid groups (broad SMARTS) is 1. The second-order valence-corrected chi connectivity index (χ2v) is 5.85. The first-order valence-corrected chi connectivity index (χ1v) is 7.40. The summed E-state index contributed by atoms with van der Waals surface area (Å²) in [6, 6.07) is 4.06. The average molecular weight is 302 g/mol. The van der Waals surface area contributed by atoms with E-state index in [1.165, 1.54) is 22.5 Å². The highest BCUT2D eigenvalue weighted by atomic mass is 32.1. The van der Waals surface area contributed by atoms with Crippen molar-refractivity contribution >= 4 is 28.3 Å². The van der Waals surface area contributed by atoms with Crippen molar-refractivity contribution in [2.75, 3.05) is 0 Å². The maximum Gasteiger partial charge on any atom is 0.355 e. The van der Waals surface area contributed by atoms with Gasteiger partial charge in [-0.2, -0.15) is 15.0 Å². The van der Waals surface area contributed by atoms with Gasteiger partial charge >= 0.3 is 5.97 Å². The highest BCUT2D eigenvalue weighted by Crippen LogP contribution is 2.16. The fourth-order valence-corrected chi connectivity index (χ4v) is 2.80. The van der Waals surface area contributed by atoms with Crippen molar-refractivity contribution in [3.05, 3.63) is 39.3 Å². The number of aryl methyl sites for hydroxylation is 4. The maximum atomic E-state index is 10.8. The Kier molecular flexibility index (Phi) is 3.42. The minimum atomic E-state index is -0.994. The quantitative estimate of drug-likeness (QED) is 0.800. The lowest BCUT2D eigenvalue weighted by molar-refractivity contribution is 0.0691. The second-order valence-electron chi connectivity index (χ2n) is 4.90. The predicted octanol–water partition coefficient (Wildman–Crippen LogP) is 2.45. The molecule has 1 N–H and O–H groups in total. The van der Waals surface area contributed by atoms with Crippen molar-refractivity contribution in [3.8, 4) is 0 Å². The summed E-state index contributed by atoms with van der Waals surface area (Å²) in [5.74, 6) is -0.994. The SMILES string of the molecule is Cc1cc2nn(CCc3nc(C(=O)O)cs3)nc2cc1C. The number of fused-ring (bicyclic) bond motifs is 1. The highest BCUT2D eigenvalue weighted by Gasteiger charge is 2.10. The molecule has 0 radical (unpaired) electrons. The lowest BCUT2D eigenvalue weighted by atomic mass is 10.1. The molecular weight excluding hydrogens is 288 g/mol. The molecule has 0 bridgehead atoms. The summed E-state index contributed by atoms with van der Waals surface area (Å²) >= 11 is 1.35. The van der Waals surface area contributed by atoms with Crippen LogP contribution < -0.4 is 0 Å². The van der Waals surface area contributed by atoms with Gasteiger partial charge in [0.15, 0.2) is 5.69 Å². The molecule has 0 atom stereocenters. The molecule has 0 saturated heterocycles. The van der Waals surface area contributed by atoms with Crippen LogP contribution in [0.4, 0.5) is 0 Å². The van der Waals surface area contributed by atoms with Gasteiger partial charge in [-0.05, 0) is 37.1 Å². The number of aromatic carboxylic acids is 1. The van der Waals surface area contributed by atoms with Crippen LogP contribution in [-0.2, 0) is 13.0 Å². The molecule has 3 aromatic rings. The summed E-state index contributed by atoms with van der Waals surface area (Å²) < 4.78 is 0. The molecule has 7 heteroatoms. The van der Waals surface area contributed by atoms with Crippen LogP contribution in [0.25, 0.3) is 11.0 Å². The van der Waals surface area contributed by atoms with Gasteiger partial charge in [-0.25, -0.2) is 9.78 Å². The zero-order valence-electron chi connectivity index (χ0n) is 11.7. The first kappa shape index (κ1) is 13.7. The molecule has 2 heterocycles. The highest BCUT2D eigenvalue weighted by molar-refractivity contribution is 7.09. The molecule has 6 nitrogen and oxygen atoms in total. The van der Waals surface area contributed by atoms with Gasteiger partial charge in [-0.1, -0.05) is 0 Å². The van der Waals surface area contributed by atoms with Gasteiger partial charge in [0.05, 0.1) is 11.6 Å². The van der Waals surface area contributed by atoms with Crippen LogP contribution >= 0.6 is 11.3 Å². The van der Waals surface area contributed by atoms with E-state index in [1.54, 1.807) is 10.2 Å². The third-order valence-electron chi connectivity index (χ3n) is 3.33. The van der Waals surface area contributed by atoms with Crippen molar-refractivity contribution in [2.24, 2.45) is 0 Å². The van der Waals surface area contributed by atoms with Gasteiger partial charge in [-0.3, -0.25) is 0 Å². The Morgan fingerprint density at radius 2 is 1.86 bits per heavy atom. The van der Waals surface area contributed by atoms with Crippen LogP contribution in [-0.4, -0.2) is 31.1 Å². The summed E-state index contributed by atoms with van der Waals surface area (Å²) in [7, 11) is 0. The molecule has 0 aliphatic rings. The Labute approximate surface area is 125 Å². The van der Waals surface area contributed by atoms with Crippen molar-refractivity contribution in [2.45, 2.75) is 26.8 Å². The van der Waals surface area contributed by atoms with Crippen molar-refractivity contribution in [1.82, 2.24) is 20.0 Å². The summed E-state index contributed by atoms with van der Waals surface area (Å²) in [5, 5.41) is 20.1. The molecule has 0 aliphatic carbocycles. The molecule has 1 aromatic carbocycles. The Balaban J connectivity index is 1.77. The summed E-state index contributed by atoms with van der Waals surface area (Å²) in [6.07, 6.45) is 0.622. The van der Waals surface area contributed by atoms with E-state index in [1.807, 2.05) is 12.1 Å². The van der Waals surface area contributed by atoms with E-state index in [4.69, 9.17) is 5.11 Å². The molecular formula is C14H14N4O2S. The number of benzene rings is 1. The number of hydrogen-bond donors (Lipinski definition) is 1. The molecule has 2 aromatic heterocycles. The Bertz CT molecular complexity index is 783. The van der Waals surface area contributed by atoms with E-state index in [0.717, 1.165) is 16.0 Å². The number of carboxylic acids is 1. The van der Waals surface area contributed by atoms with Gasteiger partial charge < -0.3 is 5.11 Å². The van der Waals surface area contributed by atoms with Gasteiger partial charge in [0.25, 0.3) is 0 Å². The summed E-state index contributed by atoms with van der Waals surface area (Å²) in [6.45, 7) is 4.69. The van der Waals surface area contributed by atoms with Gasteiger partial charge in [0.2, 0.25) is 0 Å².